The molecule has 0 radical (unpaired) electrons. The molecule has 5 heteroatoms. The summed E-state index contributed by atoms with van der Waals surface area (Å²) in [6.07, 6.45) is 1.57. The van der Waals surface area contributed by atoms with Gasteiger partial charge in [0.05, 0.1) is 25.2 Å². The minimum Gasteiger partial charge on any atom is -0.497 e. The fraction of sp³-hybridized carbons (Fsp3) is 0.111. The number of rotatable bonds is 3. The molecule has 2 aromatic carbocycles. The predicted octanol–water partition coefficient (Wildman–Crippen LogP) is 3.20. The van der Waals surface area contributed by atoms with Gasteiger partial charge in [0.15, 0.2) is 0 Å². The van der Waals surface area contributed by atoms with E-state index in [4.69, 9.17) is 9.15 Å². The topological polar surface area (TPSA) is 57.3 Å². The van der Waals surface area contributed by atoms with E-state index < -0.39 is 0 Å². The highest BCUT2D eigenvalue weighted by Gasteiger charge is 2.12. The summed E-state index contributed by atoms with van der Waals surface area (Å²) < 4.78 is 12.7. The molecule has 0 bridgehead atoms. The van der Waals surface area contributed by atoms with Crippen LogP contribution in [0.2, 0.25) is 0 Å². The third-order valence-corrected chi connectivity index (χ3v) is 3.87. The Morgan fingerprint density at radius 1 is 1.09 bits per heavy atom. The summed E-state index contributed by atoms with van der Waals surface area (Å²) in [6, 6.07) is 15.0. The predicted molar refractivity (Wildman–Crippen MR) is 87.9 cm³/mol. The number of fused-ring (bicyclic) bond motifs is 2. The minimum atomic E-state index is -0.0529. The van der Waals surface area contributed by atoms with E-state index in [0.717, 1.165) is 11.3 Å². The summed E-state index contributed by atoms with van der Waals surface area (Å²) in [5, 5.41) is 5.38. The highest BCUT2D eigenvalue weighted by molar-refractivity contribution is 5.87. The van der Waals surface area contributed by atoms with Crippen molar-refractivity contribution in [3.8, 4) is 5.75 Å². The van der Waals surface area contributed by atoms with Gasteiger partial charge in [0.2, 0.25) is 11.1 Å². The van der Waals surface area contributed by atoms with Crippen molar-refractivity contribution in [3.63, 3.8) is 0 Å². The SMILES string of the molecule is COc1ccc(Cn2ncc3c(=O)c4ccccc4oc32)cc1. The standard InChI is InChI=1S/C18H14N2O3/c1-22-13-8-6-12(7-9-13)11-20-18-15(10-19-20)17(21)14-4-2-3-5-16(14)23-18/h2-10H,11H2,1H3. The van der Waals surface area contributed by atoms with Crippen molar-refractivity contribution < 1.29 is 9.15 Å². The van der Waals surface area contributed by atoms with E-state index in [2.05, 4.69) is 5.10 Å². The largest absolute Gasteiger partial charge is 0.497 e. The first-order valence-electron chi connectivity index (χ1n) is 7.26. The highest BCUT2D eigenvalue weighted by atomic mass is 16.5. The molecule has 0 aliphatic carbocycles. The van der Waals surface area contributed by atoms with Gasteiger partial charge in [-0.2, -0.15) is 5.10 Å². The van der Waals surface area contributed by atoms with Crippen LogP contribution in [-0.4, -0.2) is 16.9 Å². The van der Waals surface area contributed by atoms with E-state index in [9.17, 15) is 4.79 Å². The number of hydrogen-bond donors (Lipinski definition) is 0. The molecule has 0 saturated heterocycles. The summed E-state index contributed by atoms with van der Waals surface area (Å²) in [4.78, 5) is 12.5. The van der Waals surface area contributed by atoms with E-state index in [1.165, 1.54) is 0 Å². The van der Waals surface area contributed by atoms with Crippen LogP contribution >= 0.6 is 0 Å². The number of nitrogens with zero attached hydrogens (tertiary/aromatic N) is 2. The number of hydrogen-bond acceptors (Lipinski definition) is 4. The van der Waals surface area contributed by atoms with Gasteiger partial charge in [-0.05, 0) is 29.8 Å². The lowest BCUT2D eigenvalue weighted by Gasteiger charge is -2.05. The van der Waals surface area contributed by atoms with Crippen molar-refractivity contribution in [2.45, 2.75) is 6.54 Å². The van der Waals surface area contributed by atoms with E-state index >= 15 is 0 Å². The van der Waals surface area contributed by atoms with E-state index in [1.54, 1.807) is 30.1 Å². The number of benzene rings is 2. The molecule has 0 N–H and O–H groups in total. The molecule has 0 amide bonds. The molecule has 4 aromatic rings. The molecule has 2 heterocycles. The Morgan fingerprint density at radius 2 is 1.87 bits per heavy atom. The summed E-state index contributed by atoms with van der Waals surface area (Å²) >= 11 is 0. The molecule has 0 spiro atoms. The van der Waals surface area contributed by atoms with E-state index in [0.29, 0.717) is 28.6 Å². The maximum atomic E-state index is 12.5. The zero-order valence-corrected chi connectivity index (χ0v) is 12.5. The van der Waals surface area contributed by atoms with Gasteiger partial charge in [0.1, 0.15) is 16.7 Å². The molecule has 2 aromatic heterocycles. The van der Waals surface area contributed by atoms with Gasteiger partial charge < -0.3 is 9.15 Å². The number of para-hydroxylation sites is 1. The molecule has 0 aliphatic heterocycles. The molecule has 0 unspecified atom stereocenters. The van der Waals surface area contributed by atoms with Crippen molar-refractivity contribution in [1.82, 2.24) is 9.78 Å². The molecule has 23 heavy (non-hydrogen) atoms. The summed E-state index contributed by atoms with van der Waals surface area (Å²) in [5.41, 5.74) is 2.06. The minimum absolute atomic E-state index is 0.0529. The average Bonchev–Trinajstić information content (AvgIpc) is 2.99. The van der Waals surface area contributed by atoms with Gasteiger partial charge in [-0.1, -0.05) is 24.3 Å². The average molecular weight is 306 g/mol. The second-order valence-corrected chi connectivity index (χ2v) is 5.30. The summed E-state index contributed by atoms with van der Waals surface area (Å²) in [6.45, 7) is 0.523. The Balaban J connectivity index is 1.82. The first-order chi connectivity index (χ1) is 11.3. The van der Waals surface area contributed by atoms with Gasteiger partial charge in [-0.3, -0.25) is 4.79 Å². The Hall–Kier alpha value is -3.08. The Bertz CT molecular complexity index is 1050. The molecule has 5 nitrogen and oxygen atoms in total. The number of methoxy groups -OCH3 is 1. The van der Waals surface area contributed by atoms with Crippen molar-refractivity contribution in [2.24, 2.45) is 0 Å². The van der Waals surface area contributed by atoms with Crippen LogP contribution in [-0.2, 0) is 6.54 Å². The molecular formula is C18H14N2O3. The van der Waals surface area contributed by atoms with Crippen LogP contribution in [0.25, 0.3) is 22.1 Å². The zero-order chi connectivity index (χ0) is 15.8. The van der Waals surface area contributed by atoms with Gasteiger partial charge in [-0.15, -0.1) is 0 Å². The lowest BCUT2D eigenvalue weighted by molar-refractivity contribution is 0.414. The molecule has 0 saturated carbocycles. The summed E-state index contributed by atoms with van der Waals surface area (Å²) in [5.74, 6) is 0.802. The lowest BCUT2D eigenvalue weighted by atomic mass is 10.2. The first-order valence-corrected chi connectivity index (χ1v) is 7.26. The maximum absolute atomic E-state index is 12.5. The molecule has 114 valence electrons. The van der Waals surface area contributed by atoms with Crippen LogP contribution in [0.15, 0.2) is 63.9 Å². The van der Waals surface area contributed by atoms with Crippen molar-refractivity contribution in [2.75, 3.05) is 7.11 Å². The first kappa shape index (κ1) is 13.6. The fourth-order valence-corrected chi connectivity index (χ4v) is 2.65. The van der Waals surface area contributed by atoms with Crippen molar-refractivity contribution in [3.05, 3.63) is 70.5 Å². The number of ether oxygens (including phenoxy) is 1. The number of aromatic nitrogens is 2. The van der Waals surface area contributed by atoms with E-state index in [-0.39, 0.29) is 5.43 Å². The Labute approximate surface area is 131 Å². The van der Waals surface area contributed by atoms with Gasteiger partial charge in [0, 0.05) is 0 Å². The lowest BCUT2D eigenvalue weighted by Crippen LogP contribution is -2.04. The van der Waals surface area contributed by atoms with Crippen LogP contribution in [0.5, 0.6) is 5.75 Å². The summed E-state index contributed by atoms with van der Waals surface area (Å²) in [7, 11) is 1.63. The van der Waals surface area contributed by atoms with Crippen LogP contribution in [0.1, 0.15) is 5.56 Å². The molecule has 0 atom stereocenters. The molecule has 0 fully saturated rings. The molecule has 0 aliphatic rings. The van der Waals surface area contributed by atoms with Gasteiger partial charge in [0.25, 0.3) is 0 Å². The quantitative estimate of drug-likeness (QED) is 0.583. The Kier molecular flexibility index (Phi) is 3.12. The zero-order valence-electron chi connectivity index (χ0n) is 12.5. The highest BCUT2D eigenvalue weighted by Crippen LogP contribution is 2.19. The third kappa shape index (κ3) is 2.26. The maximum Gasteiger partial charge on any atom is 0.229 e. The molecular weight excluding hydrogens is 292 g/mol. The van der Waals surface area contributed by atoms with Gasteiger partial charge in [-0.25, -0.2) is 4.68 Å². The monoisotopic (exact) mass is 306 g/mol. The third-order valence-electron chi connectivity index (χ3n) is 3.87. The van der Waals surface area contributed by atoms with Crippen LogP contribution in [0, 0.1) is 0 Å². The van der Waals surface area contributed by atoms with Crippen molar-refractivity contribution in [1.29, 1.82) is 0 Å². The second-order valence-electron chi connectivity index (χ2n) is 5.30. The molecule has 4 rings (SSSR count). The van der Waals surface area contributed by atoms with Crippen LogP contribution in [0.3, 0.4) is 0 Å². The van der Waals surface area contributed by atoms with Gasteiger partial charge >= 0.3 is 0 Å². The van der Waals surface area contributed by atoms with Crippen molar-refractivity contribution >= 4 is 22.1 Å². The normalized spacial score (nSPS) is 11.2. The Morgan fingerprint density at radius 3 is 2.65 bits per heavy atom. The fourth-order valence-electron chi connectivity index (χ4n) is 2.65. The van der Waals surface area contributed by atoms with Crippen LogP contribution in [0.4, 0.5) is 0 Å². The second kappa shape index (κ2) is 5.28. The smallest absolute Gasteiger partial charge is 0.229 e. The van der Waals surface area contributed by atoms with E-state index in [1.807, 2.05) is 36.4 Å². The van der Waals surface area contributed by atoms with Crippen LogP contribution < -0.4 is 10.2 Å².